The predicted molar refractivity (Wildman–Crippen MR) is 86.4 cm³/mol. The van der Waals surface area contributed by atoms with Gasteiger partial charge in [-0.25, -0.2) is 0 Å². The zero-order valence-electron chi connectivity index (χ0n) is 12.2. The van der Waals surface area contributed by atoms with E-state index in [1.54, 1.807) is 0 Å². The molecular weight excluding hydrogens is 264 g/mol. The molecule has 2 heterocycles. The van der Waals surface area contributed by atoms with Crippen LogP contribution in [0.2, 0.25) is 0 Å². The molecule has 0 fully saturated rings. The topological polar surface area (TPSA) is 17.0 Å². The molecule has 0 radical (unpaired) electrons. The van der Waals surface area contributed by atoms with Gasteiger partial charge >= 0.3 is 0 Å². The summed E-state index contributed by atoms with van der Waals surface area (Å²) in [6.07, 6.45) is 5.65. The Morgan fingerprint density at radius 1 is 1.35 bits per heavy atom. The van der Waals surface area contributed by atoms with Crippen molar-refractivity contribution >= 4 is 11.8 Å². The summed E-state index contributed by atoms with van der Waals surface area (Å²) in [5.41, 5.74) is 2.92. The summed E-state index contributed by atoms with van der Waals surface area (Å²) in [5.74, 6) is 1.85. The fraction of sp³-hybridized carbons (Fsp3) is 0.412. The van der Waals surface area contributed by atoms with Gasteiger partial charge < -0.3 is 9.88 Å². The average molecular weight is 286 g/mol. The van der Waals surface area contributed by atoms with Gasteiger partial charge in [0.05, 0.1) is 0 Å². The lowest BCUT2D eigenvalue weighted by Crippen LogP contribution is -2.14. The van der Waals surface area contributed by atoms with Crippen LogP contribution in [0.3, 0.4) is 0 Å². The Balaban J connectivity index is 1.73. The molecule has 0 bridgehead atoms. The Hall–Kier alpha value is -1.19. The van der Waals surface area contributed by atoms with Crippen molar-refractivity contribution in [1.29, 1.82) is 0 Å². The number of benzene rings is 1. The molecule has 3 heteroatoms. The second-order valence-corrected chi connectivity index (χ2v) is 6.50. The fourth-order valence-corrected chi connectivity index (χ4v) is 4.26. The van der Waals surface area contributed by atoms with Crippen LogP contribution in [0.5, 0.6) is 0 Å². The molecular formula is C17H22N2S. The van der Waals surface area contributed by atoms with Gasteiger partial charge in [0.15, 0.2) is 0 Å². The normalized spacial score (nSPS) is 19.0. The molecule has 1 aromatic heterocycles. The van der Waals surface area contributed by atoms with Crippen molar-refractivity contribution in [3.63, 3.8) is 0 Å². The molecule has 2 unspecified atom stereocenters. The summed E-state index contributed by atoms with van der Waals surface area (Å²) in [4.78, 5) is 1.46. The molecule has 2 nitrogen and oxygen atoms in total. The molecule has 1 N–H and O–H groups in total. The number of hydrogen-bond acceptors (Lipinski definition) is 2. The van der Waals surface area contributed by atoms with Crippen molar-refractivity contribution < 1.29 is 0 Å². The van der Waals surface area contributed by atoms with Gasteiger partial charge in [0.2, 0.25) is 0 Å². The van der Waals surface area contributed by atoms with Crippen LogP contribution < -0.4 is 5.32 Å². The lowest BCUT2D eigenvalue weighted by molar-refractivity contribution is 0.568. The van der Waals surface area contributed by atoms with Gasteiger partial charge in [-0.2, -0.15) is 0 Å². The number of aromatic nitrogens is 1. The summed E-state index contributed by atoms with van der Waals surface area (Å²) < 4.78 is 2.35. The predicted octanol–water partition coefficient (Wildman–Crippen LogP) is 4.05. The number of nitrogens with zero attached hydrogens (tertiary/aromatic N) is 1. The highest BCUT2D eigenvalue weighted by Crippen LogP contribution is 2.40. The number of rotatable bonds is 5. The van der Waals surface area contributed by atoms with Crippen LogP contribution >= 0.6 is 11.8 Å². The molecule has 2 aromatic rings. The number of fused-ring (bicyclic) bond motifs is 1. The molecule has 0 saturated heterocycles. The van der Waals surface area contributed by atoms with E-state index in [1.807, 2.05) is 18.8 Å². The second-order valence-electron chi connectivity index (χ2n) is 5.44. The third-order valence-electron chi connectivity index (χ3n) is 4.16. The van der Waals surface area contributed by atoms with Crippen molar-refractivity contribution in [2.24, 2.45) is 0 Å². The Kier molecular flexibility index (Phi) is 4.18. The van der Waals surface area contributed by atoms with Crippen LogP contribution in [0.4, 0.5) is 0 Å². The van der Waals surface area contributed by atoms with Crippen molar-refractivity contribution in [3.8, 4) is 0 Å². The molecule has 1 aliphatic heterocycles. The first-order chi connectivity index (χ1) is 9.81. The van der Waals surface area contributed by atoms with E-state index >= 15 is 0 Å². The summed E-state index contributed by atoms with van der Waals surface area (Å²) in [7, 11) is 2.04. The maximum atomic E-state index is 3.37. The summed E-state index contributed by atoms with van der Waals surface area (Å²) in [5, 5.41) is 3.37. The molecule has 106 valence electrons. The molecule has 2 atom stereocenters. The van der Waals surface area contributed by atoms with E-state index in [1.165, 1.54) is 21.8 Å². The summed E-state index contributed by atoms with van der Waals surface area (Å²) in [6, 6.07) is 11.6. The van der Waals surface area contributed by atoms with Gasteiger partial charge in [-0.05, 0) is 36.7 Å². The molecule has 3 rings (SSSR count). The molecule has 0 spiro atoms. The fourth-order valence-electron chi connectivity index (χ4n) is 3.02. The Bertz CT molecular complexity index is 572. The third kappa shape index (κ3) is 2.65. The average Bonchev–Trinajstić information content (AvgIpc) is 3.09. The van der Waals surface area contributed by atoms with Gasteiger partial charge in [-0.3, -0.25) is 0 Å². The van der Waals surface area contributed by atoms with Crippen molar-refractivity contribution in [3.05, 3.63) is 53.9 Å². The highest BCUT2D eigenvalue weighted by atomic mass is 32.2. The zero-order chi connectivity index (χ0) is 13.9. The van der Waals surface area contributed by atoms with E-state index < -0.39 is 0 Å². The van der Waals surface area contributed by atoms with E-state index in [2.05, 4.69) is 59.5 Å². The SMILES string of the molecule is CCC(NC)c1ccn(CC2CSc3ccccc32)c1. The standard InChI is InChI=1S/C17H22N2S/c1-3-16(18-2)13-8-9-19(10-13)11-14-12-20-17-7-5-4-6-15(14)17/h4-10,14,16,18H,3,11-12H2,1-2H3. The molecule has 20 heavy (non-hydrogen) atoms. The van der Waals surface area contributed by atoms with Crippen LogP contribution in [0, 0.1) is 0 Å². The van der Waals surface area contributed by atoms with E-state index in [9.17, 15) is 0 Å². The Morgan fingerprint density at radius 2 is 2.20 bits per heavy atom. The van der Waals surface area contributed by atoms with Crippen LogP contribution in [0.15, 0.2) is 47.6 Å². The quantitative estimate of drug-likeness (QED) is 0.893. The maximum absolute atomic E-state index is 3.37. The second kappa shape index (κ2) is 6.06. The first-order valence-corrected chi connectivity index (χ1v) is 8.35. The van der Waals surface area contributed by atoms with Crippen LogP contribution in [0.25, 0.3) is 0 Å². The molecule has 1 aliphatic rings. The van der Waals surface area contributed by atoms with Crippen LogP contribution in [-0.4, -0.2) is 17.4 Å². The van der Waals surface area contributed by atoms with Crippen molar-refractivity contribution in [1.82, 2.24) is 9.88 Å². The smallest absolute Gasteiger partial charge is 0.0329 e. The molecule has 0 aliphatic carbocycles. The van der Waals surface area contributed by atoms with E-state index in [0.717, 1.165) is 13.0 Å². The highest BCUT2D eigenvalue weighted by Gasteiger charge is 2.23. The van der Waals surface area contributed by atoms with Gasteiger partial charge in [0.25, 0.3) is 0 Å². The lowest BCUT2D eigenvalue weighted by atomic mass is 10.0. The number of thioether (sulfide) groups is 1. The van der Waals surface area contributed by atoms with Gasteiger partial charge in [-0.1, -0.05) is 25.1 Å². The minimum absolute atomic E-state index is 0.474. The monoisotopic (exact) mass is 286 g/mol. The molecule has 0 saturated carbocycles. The first kappa shape index (κ1) is 13.8. The molecule has 1 aromatic carbocycles. The largest absolute Gasteiger partial charge is 0.353 e. The number of hydrogen-bond donors (Lipinski definition) is 1. The minimum Gasteiger partial charge on any atom is -0.353 e. The number of nitrogens with one attached hydrogen (secondary N) is 1. The highest BCUT2D eigenvalue weighted by molar-refractivity contribution is 7.99. The van der Waals surface area contributed by atoms with Gasteiger partial charge in [-0.15, -0.1) is 11.8 Å². The van der Waals surface area contributed by atoms with Crippen molar-refractivity contribution in [2.75, 3.05) is 12.8 Å². The zero-order valence-corrected chi connectivity index (χ0v) is 13.0. The molecule has 0 amide bonds. The van der Waals surface area contributed by atoms with E-state index in [4.69, 9.17) is 0 Å². The van der Waals surface area contributed by atoms with Crippen LogP contribution in [-0.2, 0) is 6.54 Å². The Labute approximate surface area is 125 Å². The van der Waals surface area contributed by atoms with Crippen molar-refractivity contribution in [2.45, 2.75) is 36.7 Å². The lowest BCUT2D eigenvalue weighted by Gasteiger charge is -2.13. The van der Waals surface area contributed by atoms with Gasteiger partial charge in [0, 0.05) is 41.5 Å². The minimum atomic E-state index is 0.474. The van der Waals surface area contributed by atoms with E-state index in [-0.39, 0.29) is 0 Å². The summed E-state index contributed by atoms with van der Waals surface area (Å²) >= 11 is 1.99. The van der Waals surface area contributed by atoms with Crippen LogP contribution in [0.1, 0.15) is 36.4 Å². The first-order valence-electron chi connectivity index (χ1n) is 7.36. The third-order valence-corrected chi connectivity index (χ3v) is 5.41. The maximum Gasteiger partial charge on any atom is 0.0329 e. The Morgan fingerprint density at radius 3 is 3.00 bits per heavy atom. The van der Waals surface area contributed by atoms with Gasteiger partial charge in [0.1, 0.15) is 0 Å². The summed E-state index contributed by atoms with van der Waals surface area (Å²) in [6.45, 7) is 3.31. The van der Waals surface area contributed by atoms with E-state index in [0.29, 0.717) is 12.0 Å².